The molecule has 0 fully saturated rings. The van der Waals surface area contributed by atoms with Gasteiger partial charge < -0.3 is 10.1 Å². The van der Waals surface area contributed by atoms with Crippen molar-refractivity contribution in [2.45, 2.75) is 69.3 Å². The van der Waals surface area contributed by atoms with Crippen LogP contribution in [0.4, 0.5) is 0 Å². The number of thioether (sulfide) groups is 1. The van der Waals surface area contributed by atoms with Gasteiger partial charge in [-0.25, -0.2) is 4.98 Å². The monoisotopic (exact) mass is 471 g/mol. The number of para-hydroxylation sites is 2. The summed E-state index contributed by atoms with van der Waals surface area (Å²) in [4.78, 5) is 33.6. The fourth-order valence-corrected chi connectivity index (χ4v) is 6.20. The molecule has 170 valence electrons. The number of hydrogen-bond acceptors (Lipinski definition) is 6. The van der Waals surface area contributed by atoms with Crippen LogP contribution in [0.1, 0.15) is 51.0 Å². The summed E-state index contributed by atoms with van der Waals surface area (Å²) in [6.45, 7) is 7.70. The van der Waals surface area contributed by atoms with Gasteiger partial charge in [0.2, 0.25) is 5.91 Å². The topological polar surface area (TPSA) is 73.2 Å². The SMILES string of the molecule is COc1ccccc1-n1c(SC(C)C(=O)NC(C)(C)C)nc2sc3c(c2c1=O)CCCC3. The van der Waals surface area contributed by atoms with Crippen molar-refractivity contribution >= 4 is 39.2 Å². The summed E-state index contributed by atoms with van der Waals surface area (Å²) in [6.07, 6.45) is 4.14. The van der Waals surface area contributed by atoms with Crippen LogP contribution in [0.3, 0.4) is 0 Å². The summed E-state index contributed by atoms with van der Waals surface area (Å²) >= 11 is 2.92. The molecule has 1 amide bonds. The van der Waals surface area contributed by atoms with Crippen LogP contribution in [-0.2, 0) is 17.6 Å². The molecular formula is C24H29N3O3S2. The predicted octanol–water partition coefficient (Wildman–Crippen LogP) is 4.73. The number of fused-ring (bicyclic) bond motifs is 3. The minimum absolute atomic E-state index is 0.0890. The van der Waals surface area contributed by atoms with Gasteiger partial charge in [-0.05, 0) is 71.1 Å². The van der Waals surface area contributed by atoms with Crippen molar-refractivity contribution < 1.29 is 9.53 Å². The lowest BCUT2D eigenvalue weighted by Crippen LogP contribution is -2.44. The van der Waals surface area contributed by atoms with Crippen molar-refractivity contribution in [3.63, 3.8) is 0 Å². The molecule has 1 aliphatic rings. The number of hydrogen-bond donors (Lipinski definition) is 1. The molecule has 0 bridgehead atoms. The fraction of sp³-hybridized carbons (Fsp3) is 0.458. The Bertz CT molecular complexity index is 1220. The lowest BCUT2D eigenvalue weighted by atomic mass is 9.97. The van der Waals surface area contributed by atoms with Crippen LogP contribution in [0.5, 0.6) is 5.75 Å². The predicted molar refractivity (Wildman–Crippen MR) is 132 cm³/mol. The Labute approximate surface area is 196 Å². The number of ether oxygens (including phenoxy) is 1. The van der Waals surface area contributed by atoms with Crippen LogP contribution in [0.25, 0.3) is 15.9 Å². The number of nitrogens with zero attached hydrogens (tertiary/aromatic N) is 2. The zero-order chi connectivity index (χ0) is 23.0. The molecule has 32 heavy (non-hydrogen) atoms. The lowest BCUT2D eigenvalue weighted by molar-refractivity contribution is -0.121. The van der Waals surface area contributed by atoms with E-state index in [0.717, 1.165) is 36.1 Å². The summed E-state index contributed by atoms with van der Waals surface area (Å²) < 4.78 is 7.18. The molecule has 2 heterocycles. The maximum Gasteiger partial charge on any atom is 0.267 e. The number of amides is 1. The molecule has 0 saturated carbocycles. The average molecular weight is 472 g/mol. The number of aromatic nitrogens is 2. The van der Waals surface area contributed by atoms with Gasteiger partial charge in [0.15, 0.2) is 5.16 Å². The van der Waals surface area contributed by atoms with Crippen LogP contribution in [-0.4, -0.2) is 33.4 Å². The Kier molecular flexibility index (Phi) is 6.36. The van der Waals surface area contributed by atoms with Crippen LogP contribution in [0, 0.1) is 0 Å². The zero-order valence-corrected chi connectivity index (χ0v) is 20.8. The molecule has 0 aliphatic heterocycles. The van der Waals surface area contributed by atoms with E-state index in [4.69, 9.17) is 9.72 Å². The maximum atomic E-state index is 13.9. The van der Waals surface area contributed by atoms with Gasteiger partial charge in [0, 0.05) is 10.4 Å². The molecule has 0 radical (unpaired) electrons. The van der Waals surface area contributed by atoms with Crippen molar-refractivity contribution in [1.29, 1.82) is 0 Å². The highest BCUT2D eigenvalue weighted by atomic mass is 32.2. The number of carbonyl (C=O) groups excluding carboxylic acids is 1. The fourth-order valence-electron chi connectivity index (χ4n) is 3.98. The molecule has 1 N–H and O–H groups in total. The molecule has 1 unspecified atom stereocenters. The number of benzene rings is 1. The summed E-state index contributed by atoms with van der Waals surface area (Å²) in [5, 5.41) is 3.81. The minimum atomic E-state index is -0.422. The smallest absolute Gasteiger partial charge is 0.267 e. The Balaban J connectivity index is 1.89. The molecule has 2 aromatic heterocycles. The van der Waals surface area contributed by atoms with E-state index in [1.165, 1.54) is 16.6 Å². The Morgan fingerprint density at radius 3 is 2.69 bits per heavy atom. The first-order valence-corrected chi connectivity index (χ1v) is 12.6. The molecule has 0 saturated heterocycles. The normalized spacial score (nSPS) is 14.8. The van der Waals surface area contributed by atoms with Crippen molar-refractivity contribution in [3.8, 4) is 11.4 Å². The van der Waals surface area contributed by atoms with Gasteiger partial charge in [0.05, 0.1) is 23.4 Å². The number of rotatable bonds is 5. The number of carbonyl (C=O) groups is 1. The summed E-state index contributed by atoms with van der Waals surface area (Å²) in [5.74, 6) is 0.502. The van der Waals surface area contributed by atoms with Crippen LogP contribution >= 0.6 is 23.1 Å². The van der Waals surface area contributed by atoms with Crippen molar-refractivity contribution in [2.24, 2.45) is 0 Å². The van der Waals surface area contributed by atoms with Gasteiger partial charge in [0.25, 0.3) is 5.56 Å². The maximum absolute atomic E-state index is 13.9. The summed E-state index contributed by atoms with van der Waals surface area (Å²) in [5.41, 5.74) is 1.35. The first kappa shape index (κ1) is 22.9. The van der Waals surface area contributed by atoms with E-state index in [1.54, 1.807) is 23.0 Å². The molecule has 1 aromatic carbocycles. The first-order chi connectivity index (χ1) is 15.2. The Hall–Kier alpha value is -2.32. The third-order valence-electron chi connectivity index (χ3n) is 5.43. The highest BCUT2D eigenvalue weighted by Crippen LogP contribution is 2.36. The standard InChI is InChI=1S/C24H29N3O3S2/c1-14(20(28)26-24(2,3)4)31-23-25-21-19(15-10-6-9-13-18(15)32-21)22(29)27(23)16-11-7-8-12-17(16)30-5/h7-8,11-12,14H,6,9-10,13H2,1-5H3,(H,26,28). The van der Waals surface area contributed by atoms with E-state index in [1.807, 2.05) is 52.0 Å². The molecule has 4 rings (SSSR count). The van der Waals surface area contributed by atoms with E-state index in [9.17, 15) is 9.59 Å². The van der Waals surface area contributed by atoms with Crippen LogP contribution < -0.4 is 15.6 Å². The summed E-state index contributed by atoms with van der Waals surface area (Å²) in [7, 11) is 1.59. The Morgan fingerprint density at radius 2 is 1.97 bits per heavy atom. The number of nitrogens with one attached hydrogen (secondary N) is 1. The molecule has 1 atom stereocenters. The third kappa shape index (κ3) is 4.43. The average Bonchev–Trinajstić information content (AvgIpc) is 3.11. The second-order valence-electron chi connectivity index (χ2n) is 9.10. The molecule has 0 spiro atoms. The molecule has 6 nitrogen and oxygen atoms in total. The highest BCUT2D eigenvalue weighted by Gasteiger charge is 2.27. The van der Waals surface area contributed by atoms with E-state index in [-0.39, 0.29) is 17.0 Å². The minimum Gasteiger partial charge on any atom is -0.495 e. The zero-order valence-electron chi connectivity index (χ0n) is 19.2. The van der Waals surface area contributed by atoms with E-state index in [2.05, 4.69) is 5.32 Å². The van der Waals surface area contributed by atoms with Crippen LogP contribution in [0.2, 0.25) is 0 Å². The molecule has 3 aromatic rings. The van der Waals surface area contributed by atoms with Gasteiger partial charge in [-0.2, -0.15) is 0 Å². The first-order valence-electron chi connectivity index (χ1n) is 10.9. The van der Waals surface area contributed by atoms with Gasteiger partial charge in [0.1, 0.15) is 10.6 Å². The Morgan fingerprint density at radius 1 is 1.25 bits per heavy atom. The highest BCUT2D eigenvalue weighted by molar-refractivity contribution is 8.00. The van der Waals surface area contributed by atoms with E-state index in [0.29, 0.717) is 22.0 Å². The van der Waals surface area contributed by atoms with Crippen molar-refractivity contribution in [3.05, 3.63) is 45.1 Å². The van der Waals surface area contributed by atoms with Crippen LogP contribution in [0.15, 0.2) is 34.2 Å². The van der Waals surface area contributed by atoms with E-state index >= 15 is 0 Å². The largest absolute Gasteiger partial charge is 0.495 e. The molecule has 8 heteroatoms. The van der Waals surface area contributed by atoms with Gasteiger partial charge in [-0.1, -0.05) is 23.9 Å². The van der Waals surface area contributed by atoms with Gasteiger partial charge in [-0.3, -0.25) is 14.2 Å². The summed E-state index contributed by atoms with van der Waals surface area (Å²) in [6, 6.07) is 7.44. The third-order valence-corrected chi connectivity index (χ3v) is 7.67. The van der Waals surface area contributed by atoms with Gasteiger partial charge >= 0.3 is 0 Å². The number of methoxy groups -OCH3 is 1. The number of aryl methyl sites for hydroxylation is 2. The quantitative estimate of drug-likeness (QED) is 0.430. The second kappa shape index (κ2) is 8.90. The number of thiophene rings is 1. The molecule has 1 aliphatic carbocycles. The van der Waals surface area contributed by atoms with Crippen molar-refractivity contribution in [2.75, 3.05) is 7.11 Å². The molecular weight excluding hydrogens is 442 g/mol. The van der Waals surface area contributed by atoms with Gasteiger partial charge in [-0.15, -0.1) is 11.3 Å². The lowest BCUT2D eigenvalue weighted by Gasteiger charge is -2.23. The second-order valence-corrected chi connectivity index (χ2v) is 11.5. The van der Waals surface area contributed by atoms with Crippen molar-refractivity contribution in [1.82, 2.24) is 14.9 Å². The van der Waals surface area contributed by atoms with E-state index < -0.39 is 5.25 Å².